The molecule has 0 spiro atoms. The summed E-state index contributed by atoms with van der Waals surface area (Å²) >= 11 is 6.97. The van der Waals surface area contributed by atoms with Crippen LogP contribution in [-0.2, 0) is 11.2 Å². The van der Waals surface area contributed by atoms with Crippen LogP contribution in [0.25, 0.3) is 10.2 Å². The molecule has 0 bridgehead atoms. The second kappa shape index (κ2) is 8.12. The molecule has 3 rings (SSSR count). The molecule has 1 atom stereocenters. The van der Waals surface area contributed by atoms with Crippen LogP contribution in [0.1, 0.15) is 42.5 Å². The average Bonchev–Trinajstić information content (AvgIpc) is 3.08. The van der Waals surface area contributed by atoms with Crippen molar-refractivity contribution in [1.29, 1.82) is 0 Å². The molecule has 0 radical (unpaired) electrons. The van der Waals surface area contributed by atoms with Crippen molar-refractivity contribution in [2.45, 2.75) is 32.7 Å². The summed E-state index contributed by atoms with van der Waals surface area (Å²) < 4.78 is 1.29. The molecule has 0 fully saturated rings. The van der Waals surface area contributed by atoms with Gasteiger partial charge in [-0.2, -0.15) is 0 Å². The summed E-state index contributed by atoms with van der Waals surface area (Å²) in [6.07, 6.45) is 1.21. The molecule has 0 saturated heterocycles. The number of benzene rings is 1. The van der Waals surface area contributed by atoms with Gasteiger partial charge in [0.25, 0.3) is 5.56 Å². The molecular formula is C19H18ClN3O4S. The van der Waals surface area contributed by atoms with Crippen molar-refractivity contribution >= 4 is 50.7 Å². The van der Waals surface area contributed by atoms with E-state index in [1.54, 1.807) is 31.2 Å². The largest absolute Gasteiger partial charge is 0.478 e. The lowest BCUT2D eigenvalue weighted by Gasteiger charge is -2.19. The Hall–Kier alpha value is -2.71. The van der Waals surface area contributed by atoms with E-state index < -0.39 is 23.5 Å². The standard InChI is InChI=1S/C19H18ClN3O4S/c1-3-4-14-22-17-15(13(9-28-17)19(26)27)18(25)23(14)10(2)16(24)21-12-7-5-11(20)6-8-12/h5-10H,3-4H2,1-2H3,(H,21,24)(H,26,27). The topological polar surface area (TPSA) is 101 Å². The molecule has 28 heavy (non-hydrogen) atoms. The van der Waals surface area contributed by atoms with Crippen LogP contribution in [0, 0.1) is 0 Å². The molecular weight excluding hydrogens is 402 g/mol. The van der Waals surface area contributed by atoms with Crippen molar-refractivity contribution in [1.82, 2.24) is 9.55 Å². The van der Waals surface area contributed by atoms with E-state index in [1.165, 1.54) is 9.95 Å². The van der Waals surface area contributed by atoms with Gasteiger partial charge in [-0.1, -0.05) is 18.5 Å². The van der Waals surface area contributed by atoms with E-state index in [2.05, 4.69) is 10.3 Å². The molecule has 9 heteroatoms. The fourth-order valence-electron chi connectivity index (χ4n) is 2.90. The molecule has 1 aromatic carbocycles. The number of nitrogens with zero attached hydrogens (tertiary/aromatic N) is 2. The fourth-order valence-corrected chi connectivity index (χ4v) is 3.95. The minimum Gasteiger partial charge on any atom is -0.478 e. The number of carbonyl (C=O) groups is 2. The minimum absolute atomic E-state index is 0.0310. The minimum atomic E-state index is -1.20. The number of carboxylic acid groups (broad SMARTS) is 1. The zero-order chi connectivity index (χ0) is 20.4. The second-order valence-corrected chi connectivity index (χ2v) is 7.55. The van der Waals surface area contributed by atoms with Crippen molar-refractivity contribution in [3.8, 4) is 0 Å². The van der Waals surface area contributed by atoms with Gasteiger partial charge in [-0.3, -0.25) is 14.2 Å². The molecule has 3 aromatic rings. The highest BCUT2D eigenvalue weighted by Gasteiger charge is 2.25. The van der Waals surface area contributed by atoms with Crippen LogP contribution in [-0.4, -0.2) is 26.5 Å². The summed E-state index contributed by atoms with van der Waals surface area (Å²) in [5.41, 5.74) is -0.0763. The molecule has 146 valence electrons. The molecule has 0 saturated carbocycles. The maximum Gasteiger partial charge on any atom is 0.337 e. The first-order valence-corrected chi connectivity index (χ1v) is 9.91. The Labute approximate surface area is 169 Å². The number of nitrogens with one attached hydrogen (secondary N) is 1. The highest BCUT2D eigenvalue weighted by molar-refractivity contribution is 7.17. The van der Waals surface area contributed by atoms with Crippen molar-refractivity contribution in [3.05, 3.63) is 56.4 Å². The number of aromatic carboxylic acids is 1. The number of rotatable bonds is 6. The number of aryl methyl sites for hydroxylation is 1. The summed E-state index contributed by atoms with van der Waals surface area (Å²) in [4.78, 5) is 42.2. The Bertz CT molecular complexity index is 1100. The van der Waals surface area contributed by atoms with Gasteiger partial charge in [-0.05, 0) is 37.6 Å². The summed E-state index contributed by atoms with van der Waals surface area (Å²) in [5, 5.41) is 14.1. The maximum atomic E-state index is 13.1. The lowest BCUT2D eigenvalue weighted by Crippen LogP contribution is -2.34. The molecule has 2 heterocycles. The van der Waals surface area contributed by atoms with Crippen LogP contribution in [0.2, 0.25) is 5.02 Å². The Morgan fingerprint density at radius 3 is 2.61 bits per heavy atom. The van der Waals surface area contributed by atoms with Gasteiger partial charge in [0.1, 0.15) is 16.7 Å². The molecule has 0 aliphatic heterocycles. The number of aromatic nitrogens is 2. The number of carbonyl (C=O) groups excluding carboxylic acids is 1. The van der Waals surface area contributed by atoms with Crippen LogP contribution in [0.5, 0.6) is 0 Å². The van der Waals surface area contributed by atoms with Crippen LogP contribution in [0.3, 0.4) is 0 Å². The highest BCUT2D eigenvalue weighted by Crippen LogP contribution is 2.24. The van der Waals surface area contributed by atoms with Crippen molar-refractivity contribution < 1.29 is 14.7 Å². The number of carboxylic acids is 1. The van der Waals surface area contributed by atoms with Gasteiger partial charge in [0.15, 0.2) is 0 Å². The van der Waals surface area contributed by atoms with E-state index in [-0.39, 0.29) is 10.9 Å². The Morgan fingerprint density at radius 2 is 2.00 bits per heavy atom. The molecule has 1 unspecified atom stereocenters. The first-order chi connectivity index (χ1) is 13.3. The molecule has 2 N–H and O–H groups in total. The number of thiophene rings is 1. The summed E-state index contributed by atoms with van der Waals surface area (Å²) in [6.45, 7) is 3.53. The predicted molar refractivity (Wildman–Crippen MR) is 110 cm³/mol. The Morgan fingerprint density at radius 1 is 1.32 bits per heavy atom. The van der Waals surface area contributed by atoms with E-state index in [1.807, 2.05) is 6.92 Å². The van der Waals surface area contributed by atoms with E-state index in [0.29, 0.717) is 27.8 Å². The van der Waals surface area contributed by atoms with Crippen LogP contribution < -0.4 is 10.9 Å². The van der Waals surface area contributed by atoms with E-state index in [9.17, 15) is 19.5 Å². The Balaban J connectivity index is 2.07. The Kier molecular flexibility index (Phi) is 5.81. The van der Waals surface area contributed by atoms with Crippen LogP contribution >= 0.6 is 22.9 Å². The predicted octanol–water partition coefficient (Wildman–Crippen LogP) is 3.96. The van der Waals surface area contributed by atoms with E-state index in [0.717, 1.165) is 17.8 Å². The summed E-state index contributed by atoms with van der Waals surface area (Å²) in [5.74, 6) is -1.15. The zero-order valence-electron chi connectivity index (χ0n) is 15.2. The van der Waals surface area contributed by atoms with Crippen LogP contribution in [0.15, 0.2) is 34.4 Å². The van der Waals surface area contributed by atoms with Crippen LogP contribution in [0.4, 0.5) is 5.69 Å². The molecule has 1 amide bonds. The van der Waals surface area contributed by atoms with Gasteiger partial charge in [0.05, 0.1) is 10.9 Å². The maximum absolute atomic E-state index is 13.1. The highest BCUT2D eigenvalue weighted by atomic mass is 35.5. The first-order valence-electron chi connectivity index (χ1n) is 8.65. The normalized spacial score (nSPS) is 12.1. The van der Waals surface area contributed by atoms with Gasteiger partial charge < -0.3 is 10.4 Å². The third-order valence-corrected chi connectivity index (χ3v) is 5.42. The monoisotopic (exact) mass is 419 g/mol. The smallest absolute Gasteiger partial charge is 0.337 e. The first kappa shape index (κ1) is 20.0. The molecule has 2 aromatic heterocycles. The van der Waals surface area contributed by atoms with Gasteiger partial charge >= 0.3 is 5.97 Å². The average molecular weight is 420 g/mol. The van der Waals surface area contributed by atoms with Gasteiger partial charge in [0, 0.05) is 22.5 Å². The third kappa shape index (κ3) is 3.79. The lowest BCUT2D eigenvalue weighted by molar-refractivity contribution is -0.118. The molecule has 7 nitrogen and oxygen atoms in total. The number of hydrogen-bond acceptors (Lipinski definition) is 5. The molecule has 0 aliphatic rings. The number of fused-ring (bicyclic) bond motifs is 1. The summed E-state index contributed by atoms with van der Waals surface area (Å²) in [7, 11) is 0. The molecule has 0 aliphatic carbocycles. The SMILES string of the molecule is CCCc1nc2scc(C(=O)O)c2c(=O)n1C(C)C(=O)Nc1ccc(Cl)cc1. The number of halogens is 1. The van der Waals surface area contributed by atoms with Gasteiger partial charge in [0.2, 0.25) is 5.91 Å². The number of anilines is 1. The number of amides is 1. The van der Waals surface area contributed by atoms with E-state index >= 15 is 0 Å². The number of hydrogen-bond donors (Lipinski definition) is 2. The quantitative estimate of drug-likeness (QED) is 0.629. The van der Waals surface area contributed by atoms with Crippen molar-refractivity contribution in [2.75, 3.05) is 5.32 Å². The van der Waals surface area contributed by atoms with E-state index in [4.69, 9.17) is 11.6 Å². The summed E-state index contributed by atoms with van der Waals surface area (Å²) in [6, 6.07) is 5.74. The van der Waals surface area contributed by atoms with Crippen molar-refractivity contribution in [2.24, 2.45) is 0 Å². The second-order valence-electron chi connectivity index (χ2n) is 6.26. The van der Waals surface area contributed by atoms with Gasteiger partial charge in [-0.15, -0.1) is 11.3 Å². The van der Waals surface area contributed by atoms with Gasteiger partial charge in [-0.25, -0.2) is 9.78 Å². The third-order valence-electron chi connectivity index (χ3n) is 4.30. The lowest BCUT2D eigenvalue weighted by atomic mass is 10.2. The van der Waals surface area contributed by atoms with Crippen molar-refractivity contribution in [3.63, 3.8) is 0 Å². The fraction of sp³-hybridized carbons (Fsp3) is 0.263. The zero-order valence-corrected chi connectivity index (χ0v) is 16.8.